The number of anilines is 2. The Morgan fingerprint density at radius 1 is 0.948 bits per heavy atom. The van der Waals surface area contributed by atoms with Crippen LogP contribution < -0.4 is 34.2 Å². The lowest BCUT2D eigenvalue weighted by molar-refractivity contribution is -0.750. The van der Waals surface area contributed by atoms with Gasteiger partial charge in [-0.05, 0) is 84.9 Å². The van der Waals surface area contributed by atoms with E-state index in [1.54, 1.807) is 26.2 Å². The molecule has 3 aliphatic rings. The SMILES string of the molecule is CCOc1nc2[nH]cc(F)c2cc1Oc1cc(N2CCN(C3CCN(Cc4ccc(OC)cc4)CC3c3ccccc3C(C)C)CC2)ccc1C(=O)NS(=O)(=O)c1cc([NH+](C)[O-])c(NCC2CCC(C)CC2)c2[nH]cnc12. The lowest BCUT2D eigenvalue weighted by atomic mass is 9.80. The van der Waals surface area contributed by atoms with Gasteiger partial charge < -0.3 is 44.7 Å². The Morgan fingerprint density at radius 2 is 1.71 bits per heavy atom. The van der Waals surface area contributed by atoms with Crippen LogP contribution >= 0.6 is 0 Å². The highest BCUT2D eigenvalue weighted by atomic mass is 32.2. The number of ether oxygens (including phenoxy) is 3. The van der Waals surface area contributed by atoms with Crippen molar-refractivity contribution in [2.75, 3.05) is 76.8 Å². The number of carbonyl (C=O) groups excluding carboxylic acids is 1. The van der Waals surface area contributed by atoms with Gasteiger partial charge in [0.05, 0.1) is 43.6 Å². The van der Waals surface area contributed by atoms with Gasteiger partial charge in [-0.25, -0.2) is 22.5 Å². The Labute approximate surface area is 450 Å². The Hall–Kier alpha value is -6.77. The minimum atomic E-state index is -4.69. The number of imidazole rings is 1. The number of halogens is 1. The summed E-state index contributed by atoms with van der Waals surface area (Å²) in [6.45, 7) is 15.0. The summed E-state index contributed by atoms with van der Waals surface area (Å²) < 4.78 is 64.3. The number of hydroxylamine groups is 1. The quantitative estimate of drug-likeness (QED) is 0.0511. The largest absolute Gasteiger partial charge is 0.629 e. The highest BCUT2D eigenvalue weighted by Crippen LogP contribution is 2.41. The van der Waals surface area contributed by atoms with E-state index in [1.807, 2.05) is 12.1 Å². The molecule has 1 aliphatic carbocycles. The lowest BCUT2D eigenvalue weighted by Gasteiger charge is -2.48. The van der Waals surface area contributed by atoms with Gasteiger partial charge in [0.25, 0.3) is 21.8 Å². The van der Waals surface area contributed by atoms with E-state index in [0.29, 0.717) is 54.6 Å². The first-order chi connectivity index (χ1) is 37.2. The Morgan fingerprint density at radius 3 is 2.44 bits per heavy atom. The van der Waals surface area contributed by atoms with Crippen molar-refractivity contribution in [3.05, 3.63) is 125 Å². The molecule has 3 fully saturated rings. The number of methoxy groups -OCH3 is 1. The number of benzene rings is 4. The van der Waals surface area contributed by atoms with Crippen LogP contribution in [0.25, 0.3) is 22.1 Å². The summed E-state index contributed by atoms with van der Waals surface area (Å²) in [6.07, 6.45) is 7.93. The minimum absolute atomic E-state index is 0.00346. The monoisotopic (exact) mass is 1070 g/mol. The second-order valence-electron chi connectivity index (χ2n) is 21.3. The molecule has 0 spiro atoms. The number of H-pyrrole nitrogens is 2. The van der Waals surface area contributed by atoms with Crippen molar-refractivity contribution in [1.82, 2.24) is 34.5 Å². The van der Waals surface area contributed by atoms with Crippen LogP contribution in [0, 0.1) is 22.9 Å². The number of hydrogen-bond acceptors (Lipinski definition) is 13. The third kappa shape index (κ3) is 11.6. The summed E-state index contributed by atoms with van der Waals surface area (Å²) in [4.78, 5) is 36.4. The molecule has 3 unspecified atom stereocenters. The molecule has 1 amide bonds. The molecule has 1 saturated carbocycles. The number of piperidine rings is 1. The van der Waals surface area contributed by atoms with E-state index < -0.39 is 21.7 Å². The number of hydrogen-bond donors (Lipinski definition) is 5. The van der Waals surface area contributed by atoms with Crippen LogP contribution in [0.3, 0.4) is 0 Å². The number of piperazine rings is 1. The number of rotatable bonds is 18. The fourth-order valence-electron chi connectivity index (χ4n) is 11.7. The zero-order chi connectivity index (χ0) is 54.0. The molecule has 5 N–H and O–H groups in total. The summed E-state index contributed by atoms with van der Waals surface area (Å²) in [7, 11) is -1.62. The molecule has 3 aromatic heterocycles. The van der Waals surface area contributed by atoms with Crippen molar-refractivity contribution >= 4 is 55.1 Å². The summed E-state index contributed by atoms with van der Waals surface area (Å²) in [6, 6.07) is 25.3. The van der Waals surface area contributed by atoms with Gasteiger partial charge in [-0.15, -0.1) is 0 Å². The van der Waals surface area contributed by atoms with Gasteiger partial charge in [0.15, 0.2) is 11.4 Å². The van der Waals surface area contributed by atoms with Gasteiger partial charge in [-0.3, -0.25) is 14.6 Å². The smallest absolute Gasteiger partial charge is 0.268 e. The van der Waals surface area contributed by atoms with E-state index in [2.05, 4.69) is 102 Å². The molecule has 4 aromatic carbocycles. The third-order valence-electron chi connectivity index (χ3n) is 15.9. The summed E-state index contributed by atoms with van der Waals surface area (Å²) in [5, 5.41) is 16.5. The van der Waals surface area contributed by atoms with E-state index in [1.165, 1.54) is 54.5 Å². The fraction of sp³-hybridized carbons (Fsp3) is 0.431. The van der Waals surface area contributed by atoms with Crippen LogP contribution in [-0.2, 0) is 16.6 Å². The fourth-order valence-corrected chi connectivity index (χ4v) is 12.9. The van der Waals surface area contributed by atoms with Gasteiger partial charge in [0, 0.05) is 94.4 Å². The number of sulfonamides is 1. The number of aromatic amines is 2. The number of quaternary nitrogens is 1. The van der Waals surface area contributed by atoms with Crippen molar-refractivity contribution in [1.29, 1.82) is 0 Å². The molecular weight excluding hydrogens is 1000 g/mol. The zero-order valence-corrected chi connectivity index (χ0v) is 45.6. The van der Waals surface area contributed by atoms with Gasteiger partial charge in [0.2, 0.25) is 0 Å². The second kappa shape index (κ2) is 23.1. The van der Waals surface area contributed by atoms with Crippen molar-refractivity contribution in [2.45, 2.75) is 89.1 Å². The molecule has 17 nitrogen and oxygen atoms in total. The Bertz CT molecular complexity index is 3310. The van der Waals surface area contributed by atoms with E-state index in [9.17, 15) is 18.4 Å². The first-order valence-corrected chi connectivity index (χ1v) is 28.5. The van der Waals surface area contributed by atoms with E-state index >= 15 is 4.39 Å². The molecule has 77 heavy (non-hydrogen) atoms. The van der Waals surface area contributed by atoms with E-state index in [0.717, 1.165) is 76.3 Å². The first kappa shape index (κ1) is 53.6. The molecule has 2 saturated heterocycles. The minimum Gasteiger partial charge on any atom is -0.629 e. The number of amides is 1. The number of fused-ring (bicyclic) bond motifs is 2. The van der Waals surface area contributed by atoms with Gasteiger partial charge >= 0.3 is 0 Å². The summed E-state index contributed by atoms with van der Waals surface area (Å²) in [5.74, 6) is 1.08. The maximum atomic E-state index is 15.1. The summed E-state index contributed by atoms with van der Waals surface area (Å²) >= 11 is 0. The standard InChI is InChI=1S/C58H71FN10O7S/c1-7-75-58-51(29-45-47(59)32-61-56(45)64-58)76-50-28-40(18-21-44(50)57(70)65-77(72,73)52-30-49(66(5)71)53(55-54(52)62-35-63-55)60-31-38-14-12-37(4)13-15-38)68-24-26-69(27-25-68)48-22-23-67(33-39-16-19-41(74-6)20-17-39)34-46(48)43-11-9-8-10-42(43)36(2)3/h8-11,16-21,28-30,32,35-38,46,48,60,66H,7,12-15,22-27,31,33-34H2,1-6H3,(H,61,64)(H,62,63)(H,65,70). The van der Waals surface area contributed by atoms with Gasteiger partial charge in [-0.2, -0.15) is 4.98 Å². The average molecular weight is 1070 g/mol. The molecule has 7 aromatic rings. The van der Waals surface area contributed by atoms with Crippen molar-refractivity contribution < 1.29 is 36.9 Å². The van der Waals surface area contributed by atoms with Gasteiger partial charge in [0.1, 0.15) is 39.1 Å². The first-order valence-electron chi connectivity index (χ1n) is 27.0. The topological polar surface area (TPSA) is 198 Å². The molecule has 19 heteroatoms. The molecule has 5 heterocycles. The van der Waals surface area contributed by atoms with E-state index in [-0.39, 0.29) is 67.7 Å². The molecule has 2 aliphatic heterocycles. The van der Waals surface area contributed by atoms with Crippen LogP contribution in [0.2, 0.25) is 0 Å². The average Bonchev–Trinajstić information content (AvgIpc) is 4.08. The number of pyridine rings is 1. The molecule has 3 atom stereocenters. The molecular formula is C58H71FN10O7S. The molecule has 408 valence electrons. The van der Waals surface area contributed by atoms with Crippen molar-refractivity contribution in [3.63, 3.8) is 0 Å². The number of nitrogens with one attached hydrogen (secondary N) is 5. The second-order valence-corrected chi connectivity index (χ2v) is 23.0. The predicted molar refractivity (Wildman–Crippen MR) is 298 cm³/mol. The highest BCUT2D eigenvalue weighted by molar-refractivity contribution is 7.90. The maximum Gasteiger partial charge on any atom is 0.268 e. The van der Waals surface area contributed by atoms with E-state index in [4.69, 9.17) is 14.2 Å². The molecule has 0 bridgehead atoms. The lowest BCUT2D eigenvalue weighted by Crippen LogP contribution is -2.98. The van der Waals surface area contributed by atoms with Crippen LogP contribution in [0.1, 0.15) is 98.7 Å². The summed E-state index contributed by atoms with van der Waals surface area (Å²) in [5.41, 5.74) is 5.93. The van der Waals surface area contributed by atoms with Crippen LogP contribution in [0.15, 0.2) is 96.3 Å². The maximum absolute atomic E-state index is 15.1. The van der Waals surface area contributed by atoms with Crippen LogP contribution in [-0.4, -0.2) is 117 Å². The number of carbonyl (C=O) groups is 1. The van der Waals surface area contributed by atoms with Gasteiger partial charge in [-0.1, -0.05) is 70.0 Å². The molecule has 0 radical (unpaired) electrons. The predicted octanol–water partition coefficient (Wildman–Crippen LogP) is 9.08. The van der Waals surface area contributed by atoms with Crippen LogP contribution in [0.5, 0.6) is 23.1 Å². The third-order valence-corrected chi connectivity index (χ3v) is 17.3. The number of likely N-dealkylation sites (tertiary alicyclic amines) is 1. The van der Waals surface area contributed by atoms with Crippen LogP contribution in [0.4, 0.5) is 21.5 Å². The Balaban J connectivity index is 0.927. The number of nitrogens with zero attached hydrogens (tertiary/aromatic N) is 5. The van der Waals surface area contributed by atoms with Crippen molar-refractivity contribution in [2.24, 2.45) is 11.8 Å². The normalized spacial score (nSPS) is 20.1. The number of aromatic nitrogens is 4. The van der Waals surface area contributed by atoms with Crippen molar-refractivity contribution in [3.8, 4) is 23.1 Å². The Kier molecular flexibility index (Phi) is 16.1. The zero-order valence-electron chi connectivity index (χ0n) is 44.8. The molecule has 10 rings (SSSR count). The highest BCUT2D eigenvalue weighted by Gasteiger charge is 2.38.